The SMILES string of the molecule is Brc1ccc2c(c1)Oc1cc(Br)ccc1C2.OB(O)c1ccccc1.c1ccc(-c2ccc3c(c2)Oc2cc(-c4ccccc4)ccc2C3)cc1. The quantitative estimate of drug-likeness (QED) is 0.175. The molecule has 0 amide bonds. The van der Waals surface area contributed by atoms with Gasteiger partial charge in [-0.2, -0.15) is 0 Å². The second kappa shape index (κ2) is 16.0. The van der Waals surface area contributed by atoms with Gasteiger partial charge in [0.2, 0.25) is 0 Å². The number of hydrogen-bond donors (Lipinski definition) is 2. The highest BCUT2D eigenvalue weighted by atomic mass is 79.9. The summed E-state index contributed by atoms with van der Waals surface area (Å²) in [5, 5.41) is 17.2. The molecule has 0 saturated heterocycles. The minimum Gasteiger partial charge on any atom is -0.457 e. The summed E-state index contributed by atoms with van der Waals surface area (Å²) in [5.41, 5.74) is 10.3. The molecule has 0 atom stereocenters. The number of hydrogen-bond acceptors (Lipinski definition) is 4. The Labute approximate surface area is 315 Å². The molecule has 0 bridgehead atoms. The third-order valence-corrected chi connectivity index (χ3v) is 9.69. The maximum absolute atomic E-state index is 8.58. The molecule has 0 saturated carbocycles. The van der Waals surface area contributed by atoms with E-state index in [0.717, 1.165) is 44.8 Å². The Morgan fingerprint density at radius 1 is 0.392 bits per heavy atom. The van der Waals surface area contributed by atoms with Crippen LogP contribution < -0.4 is 14.9 Å². The van der Waals surface area contributed by atoms with Gasteiger partial charge in [0.05, 0.1) is 0 Å². The molecule has 0 aromatic heterocycles. The zero-order valence-electron chi connectivity index (χ0n) is 27.5. The van der Waals surface area contributed by atoms with E-state index in [4.69, 9.17) is 19.5 Å². The van der Waals surface area contributed by atoms with Crippen LogP contribution in [0.15, 0.2) is 173 Å². The fraction of sp³-hybridized carbons (Fsp3) is 0.0455. The molecule has 0 fully saturated rings. The summed E-state index contributed by atoms with van der Waals surface area (Å²) >= 11 is 6.91. The van der Waals surface area contributed by atoms with Gasteiger partial charge in [0.25, 0.3) is 0 Å². The van der Waals surface area contributed by atoms with Crippen molar-refractivity contribution in [3.05, 3.63) is 195 Å². The van der Waals surface area contributed by atoms with E-state index in [1.807, 2.05) is 42.5 Å². The molecular weight excluding hydrogens is 763 g/mol. The van der Waals surface area contributed by atoms with Crippen molar-refractivity contribution < 1.29 is 19.5 Å². The van der Waals surface area contributed by atoms with Gasteiger partial charge in [0, 0.05) is 21.8 Å². The lowest BCUT2D eigenvalue weighted by Crippen LogP contribution is -2.29. The molecule has 2 heterocycles. The van der Waals surface area contributed by atoms with Crippen molar-refractivity contribution in [2.24, 2.45) is 0 Å². The van der Waals surface area contributed by atoms with Crippen molar-refractivity contribution >= 4 is 44.4 Å². The third kappa shape index (κ3) is 8.52. The first-order chi connectivity index (χ1) is 24.9. The molecule has 7 aromatic rings. The zero-order valence-corrected chi connectivity index (χ0v) is 30.7. The Balaban J connectivity index is 0.000000137. The van der Waals surface area contributed by atoms with Crippen molar-refractivity contribution in [2.45, 2.75) is 12.8 Å². The highest BCUT2D eigenvalue weighted by Crippen LogP contribution is 2.41. The van der Waals surface area contributed by atoms with Crippen LogP contribution in [0.4, 0.5) is 0 Å². The van der Waals surface area contributed by atoms with Crippen LogP contribution in [0.25, 0.3) is 22.3 Å². The van der Waals surface area contributed by atoms with Gasteiger partial charge in [-0.05, 0) is 86.4 Å². The fourth-order valence-electron chi connectivity index (χ4n) is 6.02. The van der Waals surface area contributed by atoms with Crippen LogP contribution >= 0.6 is 31.9 Å². The van der Waals surface area contributed by atoms with E-state index in [-0.39, 0.29) is 0 Å². The molecule has 0 aliphatic carbocycles. The van der Waals surface area contributed by atoms with Crippen LogP contribution in [-0.4, -0.2) is 17.2 Å². The second-order valence-electron chi connectivity index (χ2n) is 12.2. The zero-order chi connectivity index (χ0) is 35.2. The number of rotatable bonds is 3. The predicted molar refractivity (Wildman–Crippen MR) is 214 cm³/mol. The lowest BCUT2D eigenvalue weighted by Gasteiger charge is -2.22. The monoisotopic (exact) mass is 794 g/mol. The van der Waals surface area contributed by atoms with Gasteiger partial charge in [-0.1, -0.05) is 159 Å². The molecule has 0 radical (unpaired) electrons. The van der Waals surface area contributed by atoms with Crippen molar-refractivity contribution in [2.75, 3.05) is 0 Å². The highest BCUT2D eigenvalue weighted by Gasteiger charge is 2.19. The van der Waals surface area contributed by atoms with E-state index in [9.17, 15) is 0 Å². The number of benzene rings is 7. The maximum Gasteiger partial charge on any atom is 0.488 e. The number of fused-ring (bicyclic) bond motifs is 4. The Hall–Kier alpha value is -4.92. The summed E-state index contributed by atoms with van der Waals surface area (Å²) < 4.78 is 14.3. The van der Waals surface area contributed by atoms with Gasteiger partial charge in [-0.15, -0.1) is 0 Å². The Bertz CT molecular complexity index is 2130. The van der Waals surface area contributed by atoms with Crippen molar-refractivity contribution in [3.63, 3.8) is 0 Å². The van der Waals surface area contributed by atoms with E-state index < -0.39 is 7.12 Å². The molecule has 0 unspecified atom stereocenters. The third-order valence-electron chi connectivity index (χ3n) is 8.71. The fourth-order valence-corrected chi connectivity index (χ4v) is 6.70. The predicted octanol–water partition coefficient (Wildman–Crippen LogP) is 11.0. The lowest BCUT2D eigenvalue weighted by atomic mass is 9.81. The maximum atomic E-state index is 8.58. The molecule has 0 spiro atoms. The minimum atomic E-state index is -1.34. The van der Waals surface area contributed by atoms with Crippen molar-refractivity contribution in [3.8, 4) is 45.3 Å². The lowest BCUT2D eigenvalue weighted by molar-refractivity contribution is 0.426. The van der Waals surface area contributed by atoms with E-state index in [1.54, 1.807) is 24.3 Å². The number of ether oxygens (including phenoxy) is 2. The summed E-state index contributed by atoms with van der Waals surface area (Å²) in [6.07, 6.45) is 1.85. The van der Waals surface area contributed by atoms with Crippen LogP contribution in [0, 0.1) is 0 Å². The van der Waals surface area contributed by atoms with Gasteiger partial charge in [0.15, 0.2) is 0 Å². The normalized spacial score (nSPS) is 11.7. The van der Waals surface area contributed by atoms with Crippen LogP contribution in [0.5, 0.6) is 23.0 Å². The molecule has 2 N–H and O–H groups in total. The summed E-state index contributed by atoms with van der Waals surface area (Å²) in [4.78, 5) is 0. The van der Waals surface area contributed by atoms with Gasteiger partial charge in [0.1, 0.15) is 23.0 Å². The van der Waals surface area contributed by atoms with E-state index >= 15 is 0 Å². The molecule has 2 aliphatic rings. The molecule has 7 heteroatoms. The molecule has 2 aliphatic heterocycles. The van der Waals surface area contributed by atoms with Crippen LogP contribution in [0.1, 0.15) is 22.3 Å². The first-order valence-corrected chi connectivity index (χ1v) is 18.2. The molecular formula is C44H33BBr2O4. The molecule has 250 valence electrons. The minimum absolute atomic E-state index is 0.525. The Morgan fingerprint density at radius 2 is 0.745 bits per heavy atom. The molecule has 4 nitrogen and oxygen atoms in total. The average molecular weight is 796 g/mol. The molecule has 9 rings (SSSR count). The summed E-state index contributed by atoms with van der Waals surface area (Å²) in [6, 6.07) is 54.9. The summed E-state index contributed by atoms with van der Waals surface area (Å²) in [7, 11) is -1.34. The first-order valence-electron chi connectivity index (χ1n) is 16.6. The van der Waals surface area contributed by atoms with Gasteiger partial charge in [-0.25, -0.2) is 0 Å². The molecule has 7 aromatic carbocycles. The standard InChI is InChI=1S/C25H18O.C13H8Br2O.C6H7BO2/c1-3-7-18(8-4-1)20-11-13-22-15-23-14-12-21(19-9-5-2-6-10-19)17-25(23)26-24(22)16-20;14-10-3-1-8-5-9-2-4-11(15)7-13(9)16-12(8)6-10;8-7(9)6-4-2-1-3-5-6/h1-14,16-17H,15H2;1-4,6-7H,5H2;1-5,8-9H. The van der Waals surface area contributed by atoms with Crippen molar-refractivity contribution in [1.82, 2.24) is 0 Å². The van der Waals surface area contributed by atoms with Crippen LogP contribution in [0.3, 0.4) is 0 Å². The first kappa shape index (κ1) is 34.5. The highest BCUT2D eigenvalue weighted by molar-refractivity contribution is 9.10. The Kier molecular flexibility index (Phi) is 10.8. The second-order valence-corrected chi connectivity index (χ2v) is 14.1. The van der Waals surface area contributed by atoms with Crippen LogP contribution in [-0.2, 0) is 12.8 Å². The van der Waals surface area contributed by atoms with E-state index in [1.165, 1.54) is 44.5 Å². The summed E-state index contributed by atoms with van der Waals surface area (Å²) in [5.74, 6) is 3.81. The van der Waals surface area contributed by atoms with E-state index in [2.05, 4.69) is 129 Å². The number of halogens is 2. The van der Waals surface area contributed by atoms with Gasteiger partial charge < -0.3 is 19.5 Å². The Morgan fingerprint density at radius 3 is 1.12 bits per heavy atom. The topological polar surface area (TPSA) is 58.9 Å². The largest absolute Gasteiger partial charge is 0.488 e. The average Bonchev–Trinajstić information content (AvgIpc) is 3.17. The molecule has 51 heavy (non-hydrogen) atoms. The smallest absolute Gasteiger partial charge is 0.457 e. The van der Waals surface area contributed by atoms with Crippen molar-refractivity contribution in [1.29, 1.82) is 0 Å². The van der Waals surface area contributed by atoms with E-state index in [0.29, 0.717) is 5.46 Å². The van der Waals surface area contributed by atoms with Crippen LogP contribution in [0.2, 0.25) is 0 Å². The summed E-state index contributed by atoms with van der Waals surface area (Å²) in [6.45, 7) is 0. The van der Waals surface area contributed by atoms with Gasteiger partial charge in [-0.3, -0.25) is 0 Å². The van der Waals surface area contributed by atoms with Gasteiger partial charge >= 0.3 is 7.12 Å².